The van der Waals surface area contributed by atoms with Crippen molar-refractivity contribution in [2.75, 3.05) is 11.5 Å². The maximum atomic E-state index is 11.4. The number of aliphatic imine (C=N–C) groups is 2. The fraction of sp³-hybridized carbons (Fsp3) is 0.200. The van der Waals surface area contributed by atoms with Crippen molar-refractivity contribution in [3.05, 3.63) is 71.8 Å². The second-order valence-electron chi connectivity index (χ2n) is 6.59. The van der Waals surface area contributed by atoms with Gasteiger partial charge in [-0.3, -0.25) is 9.59 Å². The van der Waals surface area contributed by atoms with Crippen molar-refractivity contribution in [1.82, 2.24) is 10.0 Å². The first kappa shape index (κ1) is 20.3. The molecule has 2 aliphatic heterocycles. The Morgan fingerprint density at radius 3 is 1.43 bits per heavy atom. The zero-order chi connectivity index (χ0) is 21.1. The van der Waals surface area contributed by atoms with E-state index in [1.165, 1.54) is 23.5 Å². The molecule has 2 amide bonds. The van der Waals surface area contributed by atoms with Crippen molar-refractivity contribution in [2.24, 2.45) is 21.5 Å². The lowest BCUT2D eigenvalue weighted by atomic mass is 10.2. The van der Waals surface area contributed by atoms with Gasteiger partial charge in [-0.05, 0) is 11.1 Å². The van der Waals surface area contributed by atoms with Crippen LogP contribution >= 0.6 is 23.5 Å². The van der Waals surface area contributed by atoms with Crippen molar-refractivity contribution in [1.29, 1.82) is 0 Å². The number of carbonyl (C=O) groups excluding carboxylic acids is 2. The molecule has 0 unspecified atom stereocenters. The predicted octanol–water partition coefficient (Wildman–Crippen LogP) is 2.08. The first-order chi connectivity index (χ1) is 14.5. The van der Waals surface area contributed by atoms with Crippen LogP contribution in [0.3, 0.4) is 0 Å². The Morgan fingerprint density at radius 1 is 0.733 bits per heavy atom. The average Bonchev–Trinajstić information content (AvgIpc) is 3.31. The molecule has 0 saturated carbocycles. The van der Waals surface area contributed by atoms with E-state index in [0.717, 1.165) is 11.1 Å². The van der Waals surface area contributed by atoms with Crippen LogP contribution in [0.15, 0.2) is 70.6 Å². The van der Waals surface area contributed by atoms with E-state index < -0.39 is 11.8 Å². The quantitative estimate of drug-likeness (QED) is 0.710. The van der Waals surface area contributed by atoms with Crippen LogP contribution in [0.1, 0.15) is 23.5 Å². The monoisotopic (exact) mass is 440 g/mol. The van der Waals surface area contributed by atoms with E-state index in [1.807, 2.05) is 70.7 Å². The number of carbonyl (C=O) groups is 2. The molecule has 0 bridgehead atoms. The second-order valence-corrected chi connectivity index (χ2v) is 8.48. The highest BCUT2D eigenvalue weighted by Crippen LogP contribution is 2.45. The zero-order valence-corrected chi connectivity index (χ0v) is 17.6. The van der Waals surface area contributed by atoms with E-state index in [4.69, 9.17) is 21.5 Å². The molecule has 30 heavy (non-hydrogen) atoms. The minimum atomic E-state index is -0.419. The van der Waals surface area contributed by atoms with E-state index in [2.05, 4.69) is 0 Å². The molecule has 2 atom stereocenters. The topological polar surface area (TPSA) is 117 Å². The number of rotatable bonds is 6. The SMILES string of the molecule is NC(=O)CSC1=N[C@@H](c2ccccc2)N2C(SCC(N)=O)=N[C@H](c3ccccc3)N12. The van der Waals surface area contributed by atoms with Gasteiger partial charge in [0.05, 0.1) is 11.5 Å². The summed E-state index contributed by atoms with van der Waals surface area (Å²) in [5.74, 6) is -0.624. The van der Waals surface area contributed by atoms with Crippen LogP contribution in [0.2, 0.25) is 0 Å². The van der Waals surface area contributed by atoms with Gasteiger partial charge in [-0.25, -0.2) is 20.0 Å². The highest BCUT2D eigenvalue weighted by Gasteiger charge is 2.46. The van der Waals surface area contributed by atoms with Gasteiger partial charge >= 0.3 is 0 Å². The number of hydrogen-bond donors (Lipinski definition) is 2. The van der Waals surface area contributed by atoms with Crippen LogP contribution in [0.5, 0.6) is 0 Å². The first-order valence-electron chi connectivity index (χ1n) is 9.20. The van der Waals surface area contributed by atoms with Crippen LogP contribution in [-0.4, -0.2) is 43.7 Å². The molecule has 2 aliphatic rings. The fourth-order valence-electron chi connectivity index (χ4n) is 3.23. The minimum Gasteiger partial charge on any atom is -0.369 e. The first-order valence-corrected chi connectivity index (χ1v) is 11.2. The van der Waals surface area contributed by atoms with E-state index in [9.17, 15) is 9.59 Å². The molecule has 0 fully saturated rings. The maximum Gasteiger partial charge on any atom is 0.227 e. The van der Waals surface area contributed by atoms with Gasteiger partial charge in [0.1, 0.15) is 0 Å². The van der Waals surface area contributed by atoms with Crippen LogP contribution in [0, 0.1) is 0 Å². The third kappa shape index (κ3) is 4.14. The number of amides is 2. The number of primary amides is 2. The number of amidine groups is 2. The van der Waals surface area contributed by atoms with Crippen LogP contribution in [-0.2, 0) is 9.59 Å². The Balaban J connectivity index is 1.75. The van der Waals surface area contributed by atoms with Crippen LogP contribution in [0.4, 0.5) is 0 Å². The number of nitrogens with zero attached hydrogens (tertiary/aromatic N) is 4. The number of nitrogens with two attached hydrogens (primary N) is 2. The number of benzene rings is 2. The number of fused-ring (bicyclic) bond motifs is 1. The summed E-state index contributed by atoms with van der Waals surface area (Å²) < 4.78 is 0. The fourth-order valence-corrected chi connectivity index (χ4v) is 4.76. The van der Waals surface area contributed by atoms with Gasteiger partial charge in [0.15, 0.2) is 22.7 Å². The standard InChI is InChI=1S/C20H20N6O2S2/c21-15(27)11-29-19-23-17(13-7-3-1-4-8-13)25-20(30-12-16(22)28)24-18(26(19)25)14-9-5-2-6-10-14/h1-10,17-18H,11-12H2,(H2,21,27)(H2,22,28)/t17-,18+. The molecule has 0 spiro atoms. The van der Waals surface area contributed by atoms with Gasteiger partial charge in [-0.1, -0.05) is 84.2 Å². The Kier molecular flexibility index (Phi) is 5.96. The number of thioether (sulfide) groups is 2. The Morgan fingerprint density at radius 2 is 1.10 bits per heavy atom. The minimum absolute atomic E-state index is 0.107. The van der Waals surface area contributed by atoms with E-state index in [-0.39, 0.29) is 23.8 Å². The smallest absolute Gasteiger partial charge is 0.227 e. The molecule has 10 heteroatoms. The van der Waals surface area contributed by atoms with E-state index in [1.54, 1.807) is 0 Å². The molecule has 4 rings (SSSR count). The summed E-state index contributed by atoms with van der Waals surface area (Å²) in [4.78, 5) is 32.6. The average molecular weight is 441 g/mol. The highest BCUT2D eigenvalue weighted by atomic mass is 32.2. The summed E-state index contributed by atoms with van der Waals surface area (Å²) in [5.41, 5.74) is 12.7. The lowest BCUT2D eigenvalue weighted by Crippen LogP contribution is -2.41. The lowest BCUT2D eigenvalue weighted by molar-refractivity contribution is -0.116. The molecular weight excluding hydrogens is 420 g/mol. The molecule has 0 saturated heterocycles. The third-order valence-corrected chi connectivity index (χ3v) is 6.39. The van der Waals surface area contributed by atoms with Gasteiger partial charge in [-0.15, -0.1) is 0 Å². The van der Waals surface area contributed by atoms with Crippen molar-refractivity contribution in [3.63, 3.8) is 0 Å². The summed E-state index contributed by atoms with van der Waals surface area (Å²) in [7, 11) is 0. The molecule has 154 valence electrons. The largest absolute Gasteiger partial charge is 0.369 e. The summed E-state index contributed by atoms with van der Waals surface area (Å²) in [6.07, 6.45) is -0.733. The molecule has 0 aliphatic carbocycles. The molecule has 2 aromatic rings. The van der Waals surface area contributed by atoms with Gasteiger partial charge in [0, 0.05) is 0 Å². The van der Waals surface area contributed by atoms with Crippen molar-refractivity contribution in [3.8, 4) is 0 Å². The van der Waals surface area contributed by atoms with Crippen molar-refractivity contribution >= 4 is 45.7 Å². The van der Waals surface area contributed by atoms with Crippen LogP contribution < -0.4 is 11.5 Å². The summed E-state index contributed by atoms with van der Waals surface area (Å²) in [6, 6.07) is 19.6. The van der Waals surface area contributed by atoms with Crippen LogP contribution in [0.25, 0.3) is 0 Å². The molecular formula is C20H20N6O2S2. The number of hydrazine groups is 1. The summed E-state index contributed by atoms with van der Waals surface area (Å²) in [6.45, 7) is 0. The summed E-state index contributed by atoms with van der Waals surface area (Å²) in [5, 5.41) is 5.22. The third-order valence-electron chi connectivity index (χ3n) is 4.44. The predicted molar refractivity (Wildman–Crippen MR) is 120 cm³/mol. The highest BCUT2D eigenvalue weighted by molar-refractivity contribution is 8.14. The normalized spacial score (nSPS) is 20.0. The van der Waals surface area contributed by atoms with Gasteiger partial charge in [-0.2, -0.15) is 0 Å². The maximum absolute atomic E-state index is 11.4. The number of hydrogen-bond acceptors (Lipinski definition) is 8. The van der Waals surface area contributed by atoms with E-state index >= 15 is 0 Å². The Bertz CT molecular complexity index is 917. The lowest BCUT2D eigenvalue weighted by Gasteiger charge is -2.31. The second kappa shape index (κ2) is 8.80. The van der Waals surface area contributed by atoms with Crippen molar-refractivity contribution < 1.29 is 9.59 Å². The zero-order valence-electron chi connectivity index (χ0n) is 15.9. The van der Waals surface area contributed by atoms with E-state index in [0.29, 0.717) is 10.3 Å². The molecule has 4 N–H and O–H groups in total. The van der Waals surface area contributed by atoms with Gasteiger partial charge < -0.3 is 11.5 Å². The molecule has 8 nitrogen and oxygen atoms in total. The van der Waals surface area contributed by atoms with Gasteiger partial charge in [0.2, 0.25) is 11.8 Å². The Labute approximate surface area is 182 Å². The van der Waals surface area contributed by atoms with Crippen molar-refractivity contribution in [2.45, 2.75) is 12.3 Å². The molecule has 0 aromatic heterocycles. The Hall–Kier alpha value is -2.98. The summed E-state index contributed by atoms with van der Waals surface area (Å²) >= 11 is 2.55. The van der Waals surface area contributed by atoms with Gasteiger partial charge in [0.25, 0.3) is 0 Å². The molecule has 0 radical (unpaired) electrons. The molecule has 2 heterocycles. The molecule has 2 aromatic carbocycles.